The van der Waals surface area contributed by atoms with Gasteiger partial charge in [-0.05, 0) is 68.8 Å². The second-order valence-corrected chi connectivity index (χ2v) is 17.2. The Kier molecular flexibility index (Phi) is 7.30. The van der Waals surface area contributed by atoms with Gasteiger partial charge in [0.15, 0.2) is 0 Å². The number of nitrogens with zero attached hydrogens (tertiary/aromatic N) is 2. The zero-order valence-corrected chi connectivity index (χ0v) is 30.7. The van der Waals surface area contributed by atoms with Gasteiger partial charge in [0.05, 0.1) is 5.39 Å². The van der Waals surface area contributed by atoms with Crippen molar-refractivity contribution in [3.05, 3.63) is 167 Å². The predicted molar refractivity (Wildman–Crippen MR) is 219 cm³/mol. The van der Waals surface area contributed by atoms with Gasteiger partial charge in [-0.2, -0.15) is 4.58 Å². The van der Waals surface area contributed by atoms with Crippen LogP contribution in [0, 0.1) is 10.8 Å². The van der Waals surface area contributed by atoms with Crippen LogP contribution in [0.25, 0.3) is 21.9 Å². The maximum absolute atomic E-state index is 2.65. The van der Waals surface area contributed by atoms with Gasteiger partial charge in [-0.15, -0.1) is 0 Å². The molecule has 5 aromatic carbocycles. The normalized spacial score (nSPS) is 18.1. The van der Waals surface area contributed by atoms with Crippen LogP contribution in [-0.2, 0) is 0 Å². The van der Waals surface area contributed by atoms with E-state index in [1.54, 1.807) is 0 Å². The summed E-state index contributed by atoms with van der Waals surface area (Å²) in [5.41, 5.74) is 15.1. The van der Waals surface area contributed by atoms with Gasteiger partial charge in [0.2, 0.25) is 0 Å². The van der Waals surface area contributed by atoms with Crippen molar-refractivity contribution in [2.45, 2.75) is 60.4 Å². The third kappa shape index (κ3) is 5.37. The lowest BCUT2D eigenvalue weighted by Gasteiger charge is -2.36. The lowest BCUT2D eigenvalue weighted by molar-refractivity contribution is -0.330. The molecule has 1 unspecified atom stereocenters. The number of benzene rings is 5. The van der Waals surface area contributed by atoms with E-state index in [2.05, 4.69) is 191 Å². The van der Waals surface area contributed by atoms with E-state index >= 15 is 0 Å². The van der Waals surface area contributed by atoms with E-state index in [-0.39, 0.29) is 23.6 Å². The first kappa shape index (κ1) is 31.8. The standard InChI is InChI=1S/C48H46BN2/c1-47(2,3)30-36-27-35-29-42-50(41(35)28-37(36)31-48(4,5)6)40-24-16-21-32-25-26-39-46(43(32)40)51(42)45(34-19-12-8-13-20-34)44(33-17-10-7-11-18-33)49(39)38-22-14-9-15-23-38/h7-29,41H,30-31H2,1-6H3/q+1. The second kappa shape index (κ2) is 11.7. The summed E-state index contributed by atoms with van der Waals surface area (Å²) in [6, 6.07) is 45.2. The molecular weight excluding hydrogens is 615 g/mol. The van der Waals surface area contributed by atoms with Gasteiger partial charge < -0.3 is 0 Å². The molecule has 51 heavy (non-hydrogen) atoms. The average molecular weight is 662 g/mol. The van der Waals surface area contributed by atoms with Crippen LogP contribution in [0.15, 0.2) is 156 Å². The topological polar surface area (TPSA) is 6.25 Å². The van der Waals surface area contributed by atoms with E-state index in [0.29, 0.717) is 0 Å². The fraction of sp³-hybridized carbons (Fsp3) is 0.229. The van der Waals surface area contributed by atoms with Crippen molar-refractivity contribution in [3.8, 4) is 0 Å². The summed E-state index contributed by atoms with van der Waals surface area (Å²) in [5.74, 6) is 1.24. The van der Waals surface area contributed by atoms with E-state index in [9.17, 15) is 0 Å². The Balaban J connectivity index is 1.41. The molecule has 1 aliphatic carbocycles. The minimum absolute atomic E-state index is 0.0626. The van der Waals surface area contributed by atoms with Crippen molar-refractivity contribution >= 4 is 56.8 Å². The minimum atomic E-state index is 0.0626. The molecule has 3 heterocycles. The Bertz CT molecular complexity index is 2360. The van der Waals surface area contributed by atoms with Crippen LogP contribution >= 0.6 is 0 Å². The Morgan fingerprint density at radius 1 is 0.627 bits per heavy atom. The fourth-order valence-corrected chi connectivity index (χ4v) is 8.99. The molecule has 4 aliphatic rings. The van der Waals surface area contributed by atoms with Crippen molar-refractivity contribution in [1.29, 1.82) is 0 Å². The quantitative estimate of drug-likeness (QED) is 0.134. The summed E-state index contributed by atoms with van der Waals surface area (Å²) < 4.78 is 2.64. The van der Waals surface area contributed by atoms with Crippen molar-refractivity contribution in [2.24, 2.45) is 10.8 Å². The van der Waals surface area contributed by atoms with Crippen molar-refractivity contribution < 1.29 is 4.58 Å². The van der Waals surface area contributed by atoms with Crippen molar-refractivity contribution in [3.63, 3.8) is 0 Å². The van der Waals surface area contributed by atoms with Gasteiger partial charge in [0.1, 0.15) is 23.1 Å². The average Bonchev–Trinajstić information content (AvgIpc) is 3.48. The first-order chi connectivity index (χ1) is 24.6. The number of fused-ring (bicyclic) bond motifs is 4. The monoisotopic (exact) mass is 661 g/mol. The van der Waals surface area contributed by atoms with Gasteiger partial charge in [-0.25, -0.2) is 4.90 Å². The fourth-order valence-electron chi connectivity index (χ4n) is 8.99. The Morgan fingerprint density at radius 2 is 1.25 bits per heavy atom. The highest BCUT2D eigenvalue weighted by Crippen LogP contribution is 2.50. The molecule has 0 saturated carbocycles. The highest BCUT2D eigenvalue weighted by atomic mass is 15.3. The van der Waals surface area contributed by atoms with Crippen molar-refractivity contribution in [2.75, 3.05) is 4.90 Å². The van der Waals surface area contributed by atoms with E-state index < -0.39 is 0 Å². The Hall–Kier alpha value is -5.15. The molecule has 0 bridgehead atoms. The van der Waals surface area contributed by atoms with Crippen LogP contribution in [0.4, 0.5) is 11.4 Å². The first-order valence-corrected chi connectivity index (χ1v) is 18.6. The van der Waals surface area contributed by atoms with Crippen LogP contribution < -0.4 is 15.8 Å². The molecule has 0 spiro atoms. The minimum Gasteiger partial charge on any atom is -0.216 e. The summed E-state index contributed by atoms with van der Waals surface area (Å²) in [6.07, 6.45) is 9.78. The predicted octanol–water partition coefficient (Wildman–Crippen LogP) is 10.5. The molecule has 0 amide bonds. The van der Waals surface area contributed by atoms with E-state index in [4.69, 9.17) is 0 Å². The van der Waals surface area contributed by atoms with Crippen LogP contribution in [0.5, 0.6) is 0 Å². The molecule has 0 fully saturated rings. The first-order valence-electron chi connectivity index (χ1n) is 18.6. The highest BCUT2D eigenvalue weighted by Gasteiger charge is 2.50. The molecule has 5 aromatic rings. The van der Waals surface area contributed by atoms with Gasteiger partial charge in [-0.1, -0.05) is 168 Å². The molecule has 9 rings (SSSR count). The summed E-state index contributed by atoms with van der Waals surface area (Å²) in [7, 11) is 0. The number of allylic oxidation sites excluding steroid dienone is 2. The van der Waals surface area contributed by atoms with Crippen molar-refractivity contribution in [1.82, 2.24) is 0 Å². The van der Waals surface area contributed by atoms with Crippen LogP contribution in [-0.4, -0.2) is 23.2 Å². The third-order valence-electron chi connectivity index (χ3n) is 10.8. The zero-order chi connectivity index (χ0) is 35.1. The molecule has 250 valence electrons. The molecule has 3 aliphatic heterocycles. The SMILES string of the molecule is CC(C)(C)CC1=CC2=CC3=[N+]4C(c5ccccc5)=C(c5ccccc5)B(c5ccccc5)c5ccc6cccc(c6c54)N3C2C=C1CC(C)(C)C. The van der Waals surface area contributed by atoms with E-state index in [1.165, 1.54) is 77.9 Å². The summed E-state index contributed by atoms with van der Waals surface area (Å²) in [6.45, 7) is 14.3. The van der Waals surface area contributed by atoms with Gasteiger partial charge in [0.25, 0.3) is 12.5 Å². The summed E-state index contributed by atoms with van der Waals surface area (Å²) in [5, 5.41) is 2.62. The van der Waals surface area contributed by atoms with Gasteiger partial charge in [0, 0.05) is 17.2 Å². The van der Waals surface area contributed by atoms with Crippen LogP contribution in [0.1, 0.15) is 65.5 Å². The molecule has 0 N–H and O–H groups in total. The second-order valence-electron chi connectivity index (χ2n) is 17.2. The van der Waals surface area contributed by atoms with Crippen LogP contribution in [0.2, 0.25) is 0 Å². The maximum atomic E-state index is 2.65. The smallest absolute Gasteiger partial charge is 0.216 e. The molecule has 2 nitrogen and oxygen atoms in total. The Morgan fingerprint density at radius 3 is 1.92 bits per heavy atom. The zero-order valence-electron chi connectivity index (χ0n) is 30.7. The van der Waals surface area contributed by atoms with Gasteiger partial charge in [-0.3, -0.25) is 0 Å². The van der Waals surface area contributed by atoms with E-state index in [1.807, 2.05) is 0 Å². The van der Waals surface area contributed by atoms with Crippen LogP contribution in [0.3, 0.4) is 0 Å². The number of hydrogen-bond acceptors (Lipinski definition) is 1. The molecule has 0 radical (unpaired) electrons. The molecule has 0 aromatic heterocycles. The lowest BCUT2D eigenvalue weighted by Crippen LogP contribution is -2.51. The lowest BCUT2D eigenvalue weighted by atomic mass is 9.33. The molecule has 1 atom stereocenters. The number of rotatable bonds is 5. The molecule has 3 heteroatoms. The maximum Gasteiger partial charge on any atom is 0.288 e. The number of hydrogen-bond donors (Lipinski definition) is 0. The number of anilines is 1. The van der Waals surface area contributed by atoms with Gasteiger partial charge >= 0.3 is 0 Å². The highest BCUT2D eigenvalue weighted by molar-refractivity contribution is 7.01. The van der Waals surface area contributed by atoms with E-state index in [0.717, 1.165) is 12.8 Å². The largest absolute Gasteiger partial charge is 0.288 e. The number of amidine groups is 1. The summed E-state index contributed by atoms with van der Waals surface area (Å²) in [4.78, 5) is 2.65. The third-order valence-corrected chi connectivity index (χ3v) is 10.8. The Labute approximate surface area is 303 Å². The summed E-state index contributed by atoms with van der Waals surface area (Å²) >= 11 is 0. The molecular formula is C48H46BN2+. The molecule has 0 saturated heterocycles.